The van der Waals surface area contributed by atoms with Crippen LogP contribution in [-0.2, 0) is 4.74 Å². The van der Waals surface area contributed by atoms with Gasteiger partial charge in [0.1, 0.15) is 34.9 Å². The molecule has 7 rings (SSSR count). The molecule has 1 aliphatic carbocycles. The molecule has 3 fully saturated rings. The minimum atomic E-state index is -0.0823. The number of hydrogen-bond donors (Lipinski definition) is 1. The first kappa shape index (κ1) is 28.4. The Morgan fingerprint density at radius 3 is 2.70 bits per heavy atom. The van der Waals surface area contributed by atoms with Gasteiger partial charge in [-0.2, -0.15) is 5.26 Å². The highest BCUT2D eigenvalue weighted by atomic mass is 16.5. The minimum absolute atomic E-state index is 0.0405. The third kappa shape index (κ3) is 5.40. The van der Waals surface area contributed by atoms with Crippen LogP contribution < -0.4 is 14.8 Å². The molecule has 0 unspecified atom stereocenters. The summed E-state index contributed by atoms with van der Waals surface area (Å²) < 4.78 is 23.7. The Morgan fingerprint density at radius 1 is 1.02 bits per heavy atom. The van der Waals surface area contributed by atoms with Crippen LogP contribution in [0.15, 0.2) is 59.1 Å². The molecule has 0 spiro atoms. The number of carbonyl (C=O) groups excluding carboxylic acids is 1. The first-order valence-electron chi connectivity index (χ1n) is 15.4. The predicted octanol–water partition coefficient (Wildman–Crippen LogP) is 5.67. The molecule has 44 heavy (non-hydrogen) atoms. The van der Waals surface area contributed by atoms with E-state index in [1.165, 1.54) is 0 Å². The van der Waals surface area contributed by atoms with Crippen LogP contribution in [-0.4, -0.2) is 68.4 Å². The first-order chi connectivity index (χ1) is 21.5. The quantitative estimate of drug-likeness (QED) is 0.292. The molecule has 1 N–H and O–H groups in total. The maximum absolute atomic E-state index is 13.3. The number of fused-ring (bicyclic) bond motifs is 2. The van der Waals surface area contributed by atoms with E-state index in [1.54, 1.807) is 19.4 Å². The van der Waals surface area contributed by atoms with Crippen LogP contribution >= 0.6 is 0 Å². The summed E-state index contributed by atoms with van der Waals surface area (Å²) in [5.74, 6) is 2.80. The number of pyridine rings is 1. The Morgan fingerprint density at radius 2 is 1.89 bits per heavy atom. The van der Waals surface area contributed by atoms with Crippen molar-refractivity contribution in [3.63, 3.8) is 0 Å². The van der Waals surface area contributed by atoms with Crippen LogP contribution in [0.4, 0.5) is 0 Å². The summed E-state index contributed by atoms with van der Waals surface area (Å²) in [6.45, 7) is 3.48. The molecule has 9 heteroatoms. The van der Waals surface area contributed by atoms with Crippen LogP contribution in [0.5, 0.6) is 11.5 Å². The van der Waals surface area contributed by atoms with E-state index >= 15 is 0 Å². The van der Waals surface area contributed by atoms with E-state index in [-0.39, 0.29) is 18.1 Å². The maximum Gasteiger partial charge on any atom is 0.251 e. The lowest BCUT2D eigenvalue weighted by Gasteiger charge is -2.23. The summed E-state index contributed by atoms with van der Waals surface area (Å²) in [5, 5.41) is 13.2. The molecule has 1 amide bonds. The molecule has 1 saturated carbocycles. The molecule has 4 heterocycles. The van der Waals surface area contributed by atoms with Crippen LogP contribution in [0.2, 0.25) is 0 Å². The van der Waals surface area contributed by atoms with Gasteiger partial charge in [0.05, 0.1) is 31.5 Å². The van der Waals surface area contributed by atoms with Gasteiger partial charge >= 0.3 is 0 Å². The predicted molar refractivity (Wildman–Crippen MR) is 166 cm³/mol. The fourth-order valence-corrected chi connectivity index (χ4v) is 7.11. The Balaban J connectivity index is 1.14. The topological polar surface area (TPSA) is 110 Å². The van der Waals surface area contributed by atoms with E-state index in [1.807, 2.05) is 42.5 Å². The average Bonchev–Trinajstić information content (AvgIpc) is 3.76. The standard InChI is InChI=1S/C35H36N4O5/c1-39-19-23-4-7-29(28(23)20-39)38-35(40)22-3-6-27(32(16-22)41-2)33-17-30-34(44-33)26(9-12-37-30)21-5-8-31(24(15-21)18-36)43-25-10-13-42-14-11-25/h3,5-6,8-9,12,15-17,23,25,28-29H,4,7,10-11,13-14,19-20H2,1-2H3,(H,38,40)/t23-,28+,29-/m1/s1. The van der Waals surface area contributed by atoms with Gasteiger partial charge in [0, 0.05) is 55.4 Å². The number of methoxy groups -OCH3 is 1. The SMILES string of the molecule is COc1cc(C(=O)N[C@@H]2CC[C@@H]3CN(C)C[C@@H]32)ccc1-c1cc2nccc(-c3ccc(OC4CCOCC4)c(C#N)c3)c2o1. The molecule has 0 radical (unpaired) electrons. The number of nitrogens with one attached hydrogen (secondary N) is 1. The normalized spacial score (nSPS) is 22.1. The van der Waals surface area contributed by atoms with Crippen LogP contribution in [0.25, 0.3) is 33.6 Å². The van der Waals surface area contributed by atoms with E-state index in [9.17, 15) is 10.1 Å². The number of nitriles is 1. The fourth-order valence-electron chi connectivity index (χ4n) is 7.11. The summed E-state index contributed by atoms with van der Waals surface area (Å²) in [6.07, 6.45) is 5.58. The second-order valence-electron chi connectivity index (χ2n) is 12.2. The lowest BCUT2D eigenvalue weighted by Crippen LogP contribution is -2.39. The number of amides is 1. The molecule has 3 atom stereocenters. The number of benzene rings is 2. The summed E-state index contributed by atoms with van der Waals surface area (Å²) in [6, 6.07) is 17.3. The van der Waals surface area contributed by atoms with Crippen molar-refractivity contribution in [3.05, 3.63) is 65.9 Å². The van der Waals surface area contributed by atoms with Gasteiger partial charge in [-0.3, -0.25) is 9.78 Å². The number of rotatable bonds is 7. The maximum atomic E-state index is 13.3. The summed E-state index contributed by atoms with van der Waals surface area (Å²) in [5.41, 5.74) is 4.68. The van der Waals surface area contributed by atoms with E-state index in [2.05, 4.69) is 28.3 Å². The Hall–Kier alpha value is -4.39. The monoisotopic (exact) mass is 592 g/mol. The van der Waals surface area contributed by atoms with Gasteiger partial charge in [-0.15, -0.1) is 0 Å². The number of ether oxygens (including phenoxy) is 3. The van der Waals surface area contributed by atoms with Gasteiger partial charge in [-0.05, 0) is 73.7 Å². The Labute approximate surface area is 256 Å². The molecule has 0 bridgehead atoms. The van der Waals surface area contributed by atoms with E-state index in [4.69, 9.17) is 18.6 Å². The Bertz CT molecular complexity index is 1740. The molecule has 2 aromatic heterocycles. The van der Waals surface area contributed by atoms with Crippen LogP contribution in [0.1, 0.15) is 41.6 Å². The minimum Gasteiger partial charge on any atom is -0.496 e. The van der Waals surface area contributed by atoms with E-state index < -0.39 is 0 Å². The number of aromatic nitrogens is 1. The lowest BCUT2D eigenvalue weighted by atomic mass is 9.97. The van der Waals surface area contributed by atoms with Gasteiger partial charge in [0.15, 0.2) is 5.58 Å². The molecular weight excluding hydrogens is 556 g/mol. The number of furan rings is 1. The van der Waals surface area contributed by atoms with Crippen LogP contribution in [0.3, 0.4) is 0 Å². The molecule has 2 saturated heterocycles. The van der Waals surface area contributed by atoms with Crippen molar-refractivity contribution in [2.45, 2.75) is 37.8 Å². The second kappa shape index (κ2) is 11.9. The van der Waals surface area contributed by atoms with Gasteiger partial charge < -0.3 is 28.8 Å². The second-order valence-corrected chi connectivity index (χ2v) is 12.2. The number of hydrogen-bond acceptors (Lipinski definition) is 8. The first-order valence-corrected chi connectivity index (χ1v) is 15.4. The molecular formula is C35H36N4O5. The lowest BCUT2D eigenvalue weighted by molar-refractivity contribution is 0.0254. The molecule has 226 valence electrons. The zero-order valence-corrected chi connectivity index (χ0v) is 25.0. The number of carbonyl (C=O) groups is 1. The van der Waals surface area contributed by atoms with E-state index in [0.717, 1.165) is 55.5 Å². The van der Waals surface area contributed by atoms with E-state index in [0.29, 0.717) is 64.5 Å². The Kier molecular flexibility index (Phi) is 7.71. The molecule has 4 aromatic rings. The van der Waals surface area contributed by atoms with Crippen molar-refractivity contribution >= 4 is 17.0 Å². The molecule has 2 aliphatic heterocycles. The van der Waals surface area contributed by atoms with Gasteiger partial charge in [-0.25, -0.2) is 0 Å². The van der Waals surface area contributed by atoms with Crippen molar-refractivity contribution in [2.24, 2.45) is 11.8 Å². The van der Waals surface area contributed by atoms with Crippen molar-refractivity contribution < 1.29 is 23.4 Å². The zero-order valence-electron chi connectivity index (χ0n) is 25.0. The molecule has 3 aliphatic rings. The summed E-state index contributed by atoms with van der Waals surface area (Å²) in [4.78, 5) is 20.2. The van der Waals surface area contributed by atoms with Crippen molar-refractivity contribution in [1.29, 1.82) is 5.26 Å². The fraction of sp³-hybridized carbons (Fsp3) is 0.400. The smallest absolute Gasteiger partial charge is 0.251 e. The molecule has 9 nitrogen and oxygen atoms in total. The van der Waals surface area contributed by atoms with Crippen molar-refractivity contribution in [2.75, 3.05) is 40.5 Å². The third-order valence-electron chi connectivity index (χ3n) is 9.37. The summed E-state index contributed by atoms with van der Waals surface area (Å²) in [7, 11) is 3.75. The zero-order chi connectivity index (χ0) is 30.2. The highest BCUT2D eigenvalue weighted by molar-refractivity contribution is 5.97. The van der Waals surface area contributed by atoms with Gasteiger partial charge in [0.25, 0.3) is 5.91 Å². The largest absolute Gasteiger partial charge is 0.496 e. The summed E-state index contributed by atoms with van der Waals surface area (Å²) >= 11 is 0. The van der Waals surface area contributed by atoms with Gasteiger partial charge in [0.2, 0.25) is 0 Å². The average molecular weight is 593 g/mol. The van der Waals surface area contributed by atoms with Gasteiger partial charge in [-0.1, -0.05) is 6.07 Å². The number of likely N-dealkylation sites (tertiary alicyclic amines) is 1. The highest BCUT2D eigenvalue weighted by Gasteiger charge is 2.42. The third-order valence-corrected chi connectivity index (χ3v) is 9.37. The highest BCUT2D eigenvalue weighted by Crippen LogP contribution is 2.40. The molecule has 2 aromatic carbocycles. The van der Waals surface area contributed by atoms with Crippen molar-refractivity contribution in [1.82, 2.24) is 15.2 Å². The van der Waals surface area contributed by atoms with Crippen molar-refractivity contribution in [3.8, 4) is 40.0 Å². The number of nitrogens with zero attached hydrogens (tertiary/aromatic N) is 3. The van der Waals surface area contributed by atoms with Crippen LogP contribution in [0, 0.1) is 23.2 Å².